The predicted octanol–water partition coefficient (Wildman–Crippen LogP) is 1.99. The van der Waals surface area contributed by atoms with Gasteiger partial charge >= 0.3 is 6.09 Å². The van der Waals surface area contributed by atoms with Crippen LogP contribution in [0.25, 0.3) is 0 Å². The Bertz CT molecular complexity index is 313. The highest BCUT2D eigenvalue weighted by molar-refractivity contribution is 5.65. The fourth-order valence-electron chi connectivity index (χ4n) is 1.54. The zero-order chi connectivity index (χ0) is 11.8. The predicted molar refractivity (Wildman–Crippen MR) is 60.8 cm³/mol. The van der Waals surface area contributed by atoms with Gasteiger partial charge in [0.1, 0.15) is 6.10 Å². The van der Waals surface area contributed by atoms with E-state index in [1.807, 2.05) is 30.3 Å². The van der Waals surface area contributed by atoms with Crippen LogP contribution in [0.3, 0.4) is 0 Å². The van der Waals surface area contributed by atoms with E-state index in [4.69, 9.17) is 15.6 Å². The first-order valence-corrected chi connectivity index (χ1v) is 5.36. The van der Waals surface area contributed by atoms with E-state index in [9.17, 15) is 4.79 Å². The van der Waals surface area contributed by atoms with Crippen molar-refractivity contribution in [1.82, 2.24) is 0 Å². The van der Waals surface area contributed by atoms with Gasteiger partial charge in [-0.15, -0.1) is 0 Å². The molecular weight excluding hydrogens is 206 g/mol. The molecule has 1 atom stereocenters. The lowest BCUT2D eigenvalue weighted by Crippen LogP contribution is -2.17. The smallest absolute Gasteiger partial charge is 0.405 e. The van der Waals surface area contributed by atoms with Crippen molar-refractivity contribution in [2.75, 3.05) is 6.61 Å². The number of amides is 1. The van der Waals surface area contributed by atoms with Crippen molar-refractivity contribution in [3.8, 4) is 0 Å². The average molecular weight is 223 g/mol. The topological polar surface area (TPSA) is 72.6 Å². The van der Waals surface area contributed by atoms with Crippen LogP contribution in [0.5, 0.6) is 0 Å². The standard InChI is InChI=1S/C12H17NO3/c13-12(15)16-11(8-4-5-9-14)10-6-2-1-3-7-10/h1-3,6-7,11,14H,4-5,8-9H2,(H2,13,15). The van der Waals surface area contributed by atoms with E-state index < -0.39 is 6.09 Å². The number of aliphatic hydroxyl groups is 1. The van der Waals surface area contributed by atoms with Crippen molar-refractivity contribution >= 4 is 6.09 Å². The first-order valence-electron chi connectivity index (χ1n) is 5.36. The zero-order valence-electron chi connectivity index (χ0n) is 9.13. The molecule has 0 bridgehead atoms. The Balaban J connectivity index is 2.60. The summed E-state index contributed by atoms with van der Waals surface area (Å²) in [5.41, 5.74) is 5.95. The third-order valence-electron chi connectivity index (χ3n) is 2.30. The second-order valence-corrected chi connectivity index (χ2v) is 3.56. The second kappa shape index (κ2) is 6.85. The Morgan fingerprint density at radius 1 is 1.31 bits per heavy atom. The lowest BCUT2D eigenvalue weighted by Gasteiger charge is -2.16. The highest BCUT2D eigenvalue weighted by Gasteiger charge is 2.14. The van der Waals surface area contributed by atoms with Crippen LogP contribution in [-0.2, 0) is 4.74 Å². The fraction of sp³-hybridized carbons (Fsp3) is 0.417. The molecule has 1 aromatic carbocycles. The van der Waals surface area contributed by atoms with Crippen molar-refractivity contribution < 1.29 is 14.6 Å². The SMILES string of the molecule is NC(=O)OC(CCCCO)c1ccccc1. The average Bonchev–Trinajstić information content (AvgIpc) is 2.29. The van der Waals surface area contributed by atoms with Gasteiger partial charge in [-0.25, -0.2) is 4.79 Å². The monoisotopic (exact) mass is 223 g/mol. The minimum Gasteiger partial charge on any atom is -0.442 e. The minimum absolute atomic E-state index is 0.151. The molecule has 0 fully saturated rings. The summed E-state index contributed by atoms with van der Waals surface area (Å²) in [6.07, 6.45) is 1.09. The van der Waals surface area contributed by atoms with E-state index in [1.54, 1.807) is 0 Å². The Morgan fingerprint density at radius 3 is 2.56 bits per heavy atom. The summed E-state index contributed by atoms with van der Waals surface area (Å²) in [5, 5.41) is 8.70. The van der Waals surface area contributed by atoms with E-state index in [0.29, 0.717) is 12.8 Å². The van der Waals surface area contributed by atoms with Crippen molar-refractivity contribution in [1.29, 1.82) is 0 Å². The molecule has 88 valence electrons. The number of carbonyl (C=O) groups excluding carboxylic acids is 1. The van der Waals surface area contributed by atoms with Gasteiger partial charge in [0.2, 0.25) is 0 Å². The van der Waals surface area contributed by atoms with Gasteiger partial charge in [0, 0.05) is 6.61 Å². The molecular formula is C12H17NO3. The highest BCUT2D eigenvalue weighted by atomic mass is 16.6. The van der Waals surface area contributed by atoms with E-state index in [0.717, 1.165) is 12.0 Å². The summed E-state index contributed by atoms with van der Waals surface area (Å²) in [4.78, 5) is 10.8. The third-order valence-corrected chi connectivity index (χ3v) is 2.30. The first-order chi connectivity index (χ1) is 7.74. The molecule has 1 amide bonds. The lowest BCUT2D eigenvalue weighted by atomic mass is 10.0. The number of carbonyl (C=O) groups is 1. The van der Waals surface area contributed by atoms with Crippen LogP contribution >= 0.6 is 0 Å². The van der Waals surface area contributed by atoms with Gasteiger partial charge in [-0.1, -0.05) is 30.3 Å². The number of hydrogen-bond donors (Lipinski definition) is 2. The Kier molecular flexibility index (Phi) is 5.36. The summed E-state index contributed by atoms with van der Waals surface area (Å²) < 4.78 is 5.04. The number of unbranched alkanes of at least 4 members (excludes halogenated alkanes) is 1. The number of ether oxygens (including phenoxy) is 1. The second-order valence-electron chi connectivity index (χ2n) is 3.56. The zero-order valence-corrected chi connectivity index (χ0v) is 9.13. The Hall–Kier alpha value is -1.55. The summed E-state index contributed by atoms with van der Waals surface area (Å²) in [6, 6.07) is 9.47. The van der Waals surface area contributed by atoms with Crippen molar-refractivity contribution in [3.05, 3.63) is 35.9 Å². The third kappa shape index (κ3) is 4.31. The molecule has 0 aliphatic carbocycles. The Labute approximate surface area is 95.0 Å². The van der Waals surface area contributed by atoms with Crippen LogP contribution < -0.4 is 5.73 Å². The number of benzene rings is 1. The molecule has 0 saturated heterocycles. The molecule has 1 unspecified atom stereocenters. The maximum absolute atomic E-state index is 10.8. The number of rotatable bonds is 6. The quantitative estimate of drug-likeness (QED) is 0.724. The molecule has 3 N–H and O–H groups in total. The van der Waals surface area contributed by atoms with Gasteiger partial charge in [0.25, 0.3) is 0 Å². The summed E-state index contributed by atoms with van der Waals surface area (Å²) in [5.74, 6) is 0. The van der Waals surface area contributed by atoms with E-state index in [2.05, 4.69) is 0 Å². The van der Waals surface area contributed by atoms with Crippen LogP contribution in [0, 0.1) is 0 Å². The van der Waals surface area contributed by atoms with Crippen LogP contribution in [0.15, 0.2) is 30.3 Å². The molecule has 0 radical (unpaired) electrons. The molecule has 0 spiro atoms. The van der Waals surface area contributed by atoms with Gasteiger partial charge in [-0.05, 0) is 24.8 Å². The first kappa shape index (κ1) is 12.5. The molecule has 0 aliphatic heterocycles. The molecule has 0 heterocycles. The molecule has 1 aromatic rings. The maximum Gasteiger partial charge on any atom is 0.405 e. The minimum atomic E-state index is -0.766. The van der Waals surface area contributed by atoms with E-state index in [-0.39, 0.29) is 12.7 Å². The normalized spacial score (nSPS) is 12.1. The molecule has 4 nitrogen and oxygen atoms in total. The van der Waals surface area contributed by atoms with E-state index >= 15 is 0 Å². The summed E-state index contributed by atoms with van der Waals surface area (Å²) in [6.45, 7) is 0.151. The molecule has 16 heavy (non-hydrogen) atoms. The molecule has 0 aromatic heterocycles. The van der Waals surface area contributed by atoms with Gasteiger partial charge < -0.3 is 15.6 Å². The van der Waals surface area contributed by atoms with Gasteiger partial charge in [0.15, 0.2) is 0 Å². The highest BCUT2D eigenvalue weighted by Crippen LogP contribution is 2.23. The van der Waals surface area contributed by atoms with Gasteiger partial charge in [-0.3, -0.25) is 0 Å². The number of primary amides is 1. The lowest BCUT2D eigenvalue weighted by molar-refractivity contribution is 0.0984. The van der Waals surface area contributed by atoms with Crippen LogP contribution in [-0.4, -0.2) is 17.8 Å². The molecule has 4 heteroatoms. The molecule has 0 saturated carbocycles. The van der Waals surface area contributed by atoms with Crippen LogP contribution in [0.2, 0.25) is 0 Å². The van der Waals surface area contributed by atoms with E-state index in [1.165, 1.54) is 0 Å². The number of aliphatic hydroxyl groups excluding tert-OH is 1. The summed E-state index contributed by atoms with van der Waals surface area (Å²) in [7, 11) is 0. The summed E-state index contributed by atoms with van der Waals surface area (Å²) >= 11 is 0. The maximum atomic E-state index is 10.8. The van der Waals surface area contributed by atoms with Gasteiger partial charge in [0.05, 0.1) is 0 Å². The van der Waals surface area contributed by atoms with Crippen molar-refractivity contribution in [2.45, 2.75) is 25.4 Å². The van der Waals surface area contributed by atoms with Crippen LogP contribution in [0.1, 0.15) is 30.9 Å². The molecule has 0 aliphatic rings. The van der Waals surface area contributed by atoms with Crippen molar-refractivity contribution in [2.24, 2.45) is 5.73 Å². The molecule has 1 rings (SSSR count). The fourth-order valence-corrected chi connectivity index (χ4v) is 1.54. The van der Waals surface area contributed by atoms with Crippen molar-refractivity contribution in [3.63, 3.8) is 0 Å². The number of hydrogen-bond acceptors (Lipinski definition) is 3. The van der Waals surface area contributed by atoms with Crippen LogP contribution in [0.4, 0.5) is 4.79 Å². The van der Waals surface area contributed by atoms with Gasteiger partial charge in [-0.2, -0.15) is 0 Å². The largest absolute Gasteiger partial charge is 0.442 e. The Morgan fingerprint density at radius 2 is 2.00 bits per heavy atom. The number of nitrogens with two attached hydrogens (primary N) is 1.